The first-order valence-electron chi connectivity index (χ1n) is 3.88. The summed E-state index contributed by atoms with van der Waals surface area (Å²) in [6.07, 6.45) is 1.62. The summed E-state index contributed by atoms with van der Waals surface area (Å²) >= 11 is 6.71. The molecule has 14 heavy (non-hydrogen) atoms. The number of halogens is 2. The van der Waals surface area contributed by atoms with Crippen molar-refractivity contribution in [2.75, 3.05) is 0 Å². The zero-order valence-electron chi connectivity index (χ0n) is 7.42. The maximum Gasteiger partial charge on any atom is 0.331 e. The molecule has 0 saturated heterocycles. The van der Waals surface area contributed by atoms with Crippen molar-refractivity contribution in [1.29, 1.82) is 0 Å². The van der Waals surface area contributed by atoms with Gasteiger partial charge in [0.2, 0.25) is 0 Å². The lowest BCUT2D eigenvalue weighted by atomic mass is 10.1. The maximum atomic E-state index is 10.6. The number of hydrogen-bond donors (Lipinski definition) is 1. The molecule has 0 aromatic heterocycles. The Morgan fingerprint density at radius 2 is 1.86 bits per heavy atom. The highest BCUT2D eigenvalue weighted by Crippen LogP contribution is 2.27. The van der Waals surface area contributed by atoms with Crippen LogP contribution in [-0.2, 0) is 4.79 Å². The van der Waals surface area contributed by atoms with Gasteiger partial charge in [-0.05, 0) is 25.1 Å². The summed E-state index contributed by atoms with van der Waals surface area (Å²) in [5.41, 5.74) is 1.14. The molecule has 0 bridgehead atoms. The quantitative estimate of drug-likeness (QED) is 0.844. The molecule has 0 spiro atoms. The maximum absolute atomic E-state index is 10.6. The molecule has 1 aromatic rings. The Bertz CT molecular complexity index is 377. The fourth-order valence-electron chi connectivity index (χ4n) is 0.927. The summed E-state index contributed by atoms with van der Waals surface area (Å²) in [4.78, 5) is 10.6. The molecule has 2 nitrogen and oxygen atoms in total. The van der Waals surface area contributed by atoms with Crippen LogP contribution in [0.25, 0.3) is 6.08 Å². The summed E-state index contributed by atoms with van der Waals surface area (Å²) in [7, 11) is 0. The predicted molar refractivity (Wildman–Crippen MR) is 63.1 cm³/mol. The van der Waals surface area contributed by atoms with E-state index in [2.05, 4.69) is 31.9 Å². The molecule has 1 aromatic carbocycles. The molecule has 0 atom stereocenters. The third-order valence-corrected chi connectivity index (χ3v) is 3.08. The van der Waals surface area contributed by atoms with Crippen molar-refractivity contribution < 1.29 is 9.90 Å². The van der Waals surface area contributed by atoms with Gasteiger partial charge in [0.15, 0.2) is 0 Å². The minimum absolute atomic E-state index is 0.303. The monoisotopic (exact) mass is 318 g/mol. The van der Waals surface area contributed by atoms with Crippen molar-refractivity contribution in [2.24, 2.45) is 0 Å². The molecule has 0 amide bonds. The molecule has 0 radical (unpaired) electrons. The number of carboxylic acid groups (broad SMARTS) is 1. The highest BCUT2D eigenvalue weighted by molar-refractivity contribution is 9.11. The lowest BCUT2D eigenvalue weighted by Gasteiger charge is -2.02. The van der Waals surface area contributed by atoms with Gasteiger partial charge < -0.3 is 5.11 Å². The largest absolute Gasteiger partial charge is 0.478 e. The third kappa shape index (κ3) is 2.69. The van der Waals surface area contributed by atoms with Gasteiger partial charge in [-0.3, -0.25) is 0 Å². The Morgan fingerprint density at radius 3 is 2.29 bits per heavy atom. The van der Waals surface area contributed by atoms with Gasteiger partial charge in [-0.25, -0.2) is 4.79 Å². The second-order valence-electron chi connectivity index (χ2n) is 2.77. The molecule has 74 valence electrons. The van der Waals surface area contributed by atoms with Crippen LogP contribution in [0, 0.1) is 0 Å². The van der Waals surface area contributed by atoms with E-state index >= 15 is 0 Å². The number of aliphatic carboxylic acids is 1. The van der Waals surface area contributed by atoms with E-state index in [9.17, 15) is 4.79 Å². The molecule has 0 saturated carbocycles. The Balaban J connectivity index is 3.20. The van der Waals surface area contributed by atoms with Crippen molar-refractivity contribution in [1.82, 2.24) is 0 Å². The summed E-state index contributed by atoms with van der Waals surface area (Å²) in [5, 5.41) is 8.73. The van der Waals surface area contributed by atoms with Gasteiger partial charge in [0, 0.05) is 20.1 Å². The van der Waals surface area contributed by atoms with Crippen molar-refractivity contribution in [3.63, 3.8) is 0 Å². The normalized spacial score (nSPS) is 11.5. The highest BCUT2D eigenvalue weighted by Gasteiger charge is 2.05. The molecule has 1 N–H and O–H groups in total. The van der Waals surface area contributed by atoms with E-state index in [1.807, 2.05) is 18.2 Å². The molecule has 4 heteroatoms. The van der Waals surface area contributed by atoms with Gasteiger partial charge in [-0.15, -0.1) is 0 Å². The SMILES string of the molecule is CC(=Cc1c(Br)cccc1Br)C(=O)O. The van der Waals surface area contributed by atoms with E-state index in [1.165, 1.54) is 0 Å². The number of carbonyl (C=O) groups is 1. The summed E-state index contributed by atoms with van der Waals surface area (Å²) < 4.78 is 1.74. The summed E-state index contributed by atoms with van der Waals surface area (Å²) in [6.45, 7) is 1.56. The Labute approximate surface area is 98.9 Å². The molecule has 0 unspecified atom stereocenters. The van der Waals surface area contributed by atoms with E-state index in [4.69, 9.17) is 5.11 Å². The van der Waals surface area contributed by atoms with Gasteiger partial charge in [0.1, 0.15) is 0 Å². The number of rotatable bonds is 2. The smallest absolute Gasteiger partial charge is 0.331 e. The van der Waals surface area contributed by atoms with Gasteiger partial charge in [-0.1, -0.05) is 37.9 Å². The molecular formula is C10H8Br2O2. The molecule has 0 aliphatic rings. The molecular weight excluding hydrogens is 312 g/mol. The van der Waals surface area contributed by atoms with Gasteiger partial charge >= 0.3 is 5.97 Å². The zero-order valence-corrected chi connectivity index (χ0v) is 10.6. The second kappa shape index (κ2) is 4.75. The van der Waals surface area contributed by atoms with Gasteiger partial charge in [-0.2, -0.15) is 0 Å². The predicted octanol–water partition coefficient (Wildman–Crippen LogP) is 3.70. The van der Waals surface area contributed by atoms with Crippen LogP contribution in [0.4, 0.5) is 0 Å². The van der Waals surface area contributed by atoms with Crippen LogP contribution in [0.2, 0.25) is 0 Å². The standard InChI is InChI=1S/C10H8Br2O2/c1-6(10(13)14)5-7-8(11)3-2-4-9(7)12/h2-5H,1H3,(H,13,14). The first kappa shape index (κ1) is 11.5. The lowest BCUT2D eigenvalue weighted by molar-refractivity contribution is -0.132. The number of carboxylic acids is 1. The highest BCUT2D eigenvalue weighted by atomic mass is 79.9. The average molecular weight is 320 g/mol. The van der Waals surface area contributed by atoms with Gasteiger partial charge in [0.05, 0.1) is 0 Å². The molecule has 0 fully saturated rings. The topological polar surface area (TPSA) is 37.3 Å². The van der Waals surface area contributed by atoms with E-state index < -0.39 is 5.97 Å². The van der Waals surface area contributed by atoms with Crippen LogP contribution in [0.15, 0.2) is 32.7 Å². The van der Waals surface area contributed by atoms with E-state index in [1.54, 1.807) is 13.0 Å². The minimum atomic E-state index is -0.910. The Morgan fingerprint density at radius 1 is 1.36 bits per heavy atom. The molecule has 0 aliphatic heterocycles. The molecule has 0 heterocycles. The molecule has 0 aliphatic carbocycles. The number of benzene rings is 1. The minimum Gasteiger partial charge on any atom is -0.478 e. The summed E-state index contributed by atoms with van der Waals surface area (Å²) in [6, 6.07) is 5.61. The number of hydrogen-bond acceptors (Lipinski definition) is 1. The van der Waals surface area contributed by atoms with Crippen molar-refractivity contribution in [2.45, 2.75) is 6.92 Å². The Hall–Kier alpha value is -0.610. The van der Waals surface area contributed by atoms with E-state index in [-0.39, 0.29) is 0 Å². The van der Waals surface area contributed by atoms with Crippen LogP contribution < -0.4 is 0 Å². The zero-order chi connectivity index (χ0) is 10.7. The van der Waals surface area contributed by atoms with Crippen LogP contribution in [0.1, 0.15) is 12.5 Å². The third-order valence-electron chi connectivity index (χ3n) is 1.70. The fourth-order valence-corrected chi connectivity index (χ4v) is 2.15. The fraction of sp³-hybridized carbons (Fsp3) is 0.100. The first-order chi connectivity index (χ1) is 6.52. The van der Waals surface area contributed by atoms with Crippen LogP contribution in [0.3, 0.4) is 0 Å². The summed E-state index contributed by atoms with van der Waals surface area (Å²) in [5.74, 6) is -0.910. The van der Waals surface area contributed by atoms with Crippen molar-refractivity contribution >= 4 is 43.9 Å². The van der Waals surface area contributed by atoms with Crippen LogP contribution in [-0.4, -0.2) is 11.1 Å². The second-order valence-corrected chi connectivity index (χ2v) is 4.48. The van der Waals surface area contributed by atoms with Crippen LogP contribution >= 0.6 is 31.9 Å². The molecule has 1 rings (SSSR count). The average Bonchev–Trinajstić information content (AvgIpc) is 2.11. The first-order valence-corrected chi connectivity index (χ1v) is 5.46. The van der Waals surface area contributed by atoms with E-state index in [0.717, 1.165) is 14.5 Å². The van der Waals surface area contributed by atoms with Crippen molar-refractivity contribution in [3.8, 4) is 0 Å². The van der Waals surface area contributed by atoms with E-state index in [0.29, 0.717) is 5.57 Å². The van der Waals surface area contributed by atoms with Crippen LogP contribution in [0.5, 0.6) is 0 Å². The Kier molecular flexibility index (Phi) is 3.89. The van der Waals surface area contributed by atoms with Gasteiger partial charge in [0.25, 0.3) is 0 Å². The lowest BCUT2D eigenvalue weighted by Crippen LogP contribution is -1.95. The van der Waals surface area contributed by atoms with Crippen molar-refractivity contribution in [3.05, 3.63) is 38.3 Å².